The number of aromatic nitrogens is 2. The lowest BCUT2D eigenvalue weighted by molar-refractivity contribution is -0.141. The van der Waals surface area contributed by atoms with Gasteiger partial charge in [0.2, 0.25) is 0 Å². The van der Waals surface area contributed by atoms with Crippen molar-refractivity contribution in [2.45, 2.75) is 52.4 Å². The Morgan fingerprint density at radius 2 is 1.81 bits per heavy atom. The number of nitrogens with zero attached hydrogens (tertiary/aromatic N) is 3. The summed E-state index contributed by atoms with van der Waals surface area (Å²) in [6.07, 6.45) is -3.01. The zero-order chi connectivity index (χ0) is 20.6. The second-order valence-electron chi connectivity index (χ2n) is 7.35. The number of hydrogen-bond acceptors (Lipinski definition) is 3. The van der Waals surface area contributed by atoms with E-state index in [1.165, 1.54) is 17.2 Å². The first kappa shape index (κ1) is 20.7. The van der Waals surface area contributed by atoms with Gasteiger partial charge in [-0.15, -0.1) is 0 Å². The van der Waals surface area contributed by atoms with Crippen LogP contribution in [0.2, 0.25) is 0 Å². The smallest absolute Gasteiger partial charge is 0.433 e. The molecule has 0 aliphatic carbocycles. The largest absolute Gasteiger partial charge is 0.465 e. The Hall–Kier alpha value is -2.64. The normalized spacial score (nSPS) is 13.3. The van der Waals surface area contributed by atoms with Crippen LogP contribution in [0.1, 0.15) is 50.7 Å². The molecule has 0 fully saturated rings. The first-order valence-electron chi connectivity index (χ1n) is 8.35. The number of halogens is 3. The lowest BCUT2D eigenvalue weighted by Gasteiger charge is -2.37. The van der Waals surface area contributed by atoms with Crippen LogP contribution in [0.4, 0.5) is 18.0 Å². The van der Waals surface area contributed by atoms with Gasteiger partial charge in [0, 0.05) is 23.5 Å². The molecule has 8 heteroatoms. The SMILES string of the molecule is Cc1cc([C@H](C)N(C(=O)O)C(C)(C)C)ncc1-c1ccnc(C(F)(F)F)c1. The maximum atomic E-state index is 12.9. The molecule has 0 bridgehead atoms. The Labute approximate surface area is 155 Å². The topological polar surface area (TPSA) is 66.3 Å². The van der Waals surface area contributed by atoms with Crippen LogP contribution < -0.4 is 0 Å². The van der Waals surface area contributed by atoms with Crippen molar-refractivity contribution < 1.29 is 23.1 Å². The molecule has 0 radical (unpaired) electrons. The van der Waals surface area contributed by atoms with Crippen LogP contribution in [0.25, 0.3) is 11.1 Å². The quantitative estimate of drug-likeness (QED) is 0.782. The van der Waals surface area contributed by atoms with Crippen molar-refractivity contribution >= 4 is 6.09 Å². The van der Waals surface area contributed by atoms with Crippen molar-refractivity contribution in [1.82, 2.24) is 14.9 Å². The molecule has 0 aliphatic rings. The minimum absolute atomic E-state index is 0.354. The van der Waals surface area contributed by atoms with Crippen molar-refractivity contribution in [2.75, 3.05) is 0 Å². The zero-order valence-electron chi connectivity index (χ0n) is 15.8. The van der Waals surface area contributed by atoms with Crippen LogP contribution in [0.15, 0.2) is 30.6 Å². The fourth-order valence-electron chi connectivity index (χ4n) is 3.03. The Bertz CT molecular complexity index is 845. The average Bonchev–Trinajstić information content (AvgIpc) is 2.52. The van der Waals surface area contributed by atoms with E-state index in [-0.39, 0.29) is 0 Å². The number of rotatable bonds is 3. The predicted octanol–water partition coefficient (Wildman–Crippen LogP) is 5.31. The highest BCUT2D eigenvalue weighted by Crippen LogP contribution is 2.33. The number of alkyl halides is 3. The molecule has 1 amide bonds. The number of carbonyl (C=O) groups is 1. The van der Waals surface area contributed by atoms with E-state index in [1.54, 1.807) is 40.7 Å². The van der Waals surface area contributed by atoms with Gasteiger partial charge < -0.3 is 5.11 Å². The summed E-state index contributed by atoms with van der Waals surface area (Å²) in [7, 11) is 0. The lowest BCUT2D eigenvalue weighted by atomic mass is 9.98. The standard InChI is InChI=1S/C19H22F3N3O2/c1-11-8-15(12(2)25(17(26)27)18(3,4)5)24-10-14(11)13-6-7-23-16(9-13)19(20,21)22/h6-10,12H,1-5H3,(H,26,27)/t12-/m0/s1. The Morgan fingerprint density at radius 3 is 2.30 bits per heavy atom. The molecule has 2 heterocycles. The molecule has 27 heavy (non-hydrogen) atoms. The Balaban J connectivity index is 2.43. The summed E-state index contributed by atoms with van der Waals surface area (Å²) in [5, 5.41) is 9.53. The Kier molecular flexibility index (Phi) is 5.49. The van der Waals surface area contributed by atoms with Crippen molar-refractivity contribution in [3.8, 4) is 11.1 Å². The van der Waals surface area contributed by atoms with Gasteiger partial charge in [-0.05, 0) is 63.9 Å². The molecule has 2 aromatic heterocycles. The third-order valence-corrected chi connectivity index (χ3v) is 4.24. The van der Waals surface area contributed by atoms with E-state index in [0.717, 1.165) is 12.3 Å². The third kappa shape index (κ3) is 4.56. The fourth-order valence-corrected chi connectivity index (χ4v) is 3.03. The highest BCUT2D eigenvalue weighted by atomic mass is 19.4. The van der Waals surface area contributed by atoms with Crippen LogP contribution >= 0.6 is 0 Å². The molecule has 0 saturated carbocycles. The summed E-state index contributed by atoms with van der Waals surface area (Å²) in [5.74, 6) is 0. The molecule has 0 aromatic carbocycles. The summed E-state index contributed by atoms with van der Waals surface area (Å²) >= 11 is 0. The molecule has 0 spiro atoms. The monoisotopic (exact) mass is 381 g/mol. The molecule has 0 aliphatic heterocycles. The lowest BCUT2D eigenvalue weighted by Crippen LogP contribution is -2.46. The number of pyridine rings is 2. The average molecular weight is 381 g/mol. The highest BCUT2D eigenvalue weighted by Gasteiger charge is 2.33. The van der Waals surface area contributed by atoms with Gasteiger partial charge in [-0.2, -0.15) is 13.2 Å². The number of amides is 1. The highest BCUT2D eigenvalue weighted by molar-refractivity contribution is 5.68. The van der Waals surface area contributed by atoms with E-state index in [2.05, 4.69) is 9.97 Å². The van der Waals surface area contributed by atoms with Gasteiger partial charge in [0.05, 0.1) is 11.7 Å². The first-order chi connectivity index (χ1) is 12.3. The van der Waals surface area contributed by atoms with Crippen molar-refractivity contribution in [1.29, 1.82) is 0 Å². The maximum absolute atomic E-state index is 12.9. The van der Waals surface area contributed by atoms with E-state index in [4.69, 9.17) is 0 Å². The zero-order valence-corrected chi connectivity index (χ0v) is 15.8. The molecule has 1 N–H and O–H groups in total. The van der Waals surface area contributed by atoms with Gasteiger partial charge in [0.15, 0.2) is 0 Å². The molecule has 2 aromatic rings. The Morgan fingerprint density at radius 1 is 1.19 bits per heavy atom. The van der Waals surface area contributed by atoms with Crippen LogP contribution in [0.3, 0.4) is 0 Å². The van der Waals surface area contributed by atoms with Crippen molar-refractivity contribution in [3.63, 3.8) is 0 Å². The van der Waals surface area contributed by atoms with E-state index in [0.29, 0.717) is 22.4 Å². The van der Waals surface area contributed by atoms with Gasteiger partial charge in [-0.3, -0.25) is 14.9 Å². The summed E-state index contributed by atoms with van der Waals surface area (Å²) < 4.78 is 38.7. The number of carboxylic acid groups (broad SMARTS) is 1. The fraction of sp³-hybridized carbons (Fsp3) is 0.421. The second kappa shape index (κ2) is 7.17. The van der Waals surface area contributed by atoms with Gasteiger partial charge in [-0.25, -0.2) is 4.79 Å². The van der Waals surface area contributed by atoms with E-state index in [1.807, 2.05) is 0 Å². The van der Waals surface area contributed by atoms with E-state index in [9.17, 15) is 23.1 Å². The third-order valence-electron chi connectivity index (χ3n) is 4.24. The molecule has 5 nitrogen and oxygen atoms in total. The first-order valence-corrected chi connectivity index (χ1v) is 8.35. The summed E-state index contributed by atoms with van der Waals surface area (Å²) in [6, 6.07) is 3.65. The second-order valence-corrected chi connectivity index (χ2v) is 7.35. The van der Waals surface area contributed by atoms with Gasteiger partial charge in [0.25, 0.3) is 0 Å². The van der Waals surface area contributed by atoms with Crippen LogP contribution in [0.5, 0.6) is 0 Å². The number of aryl methyl sites for hydroxylation is 1. The molecule has 1 atom stereocenters. The summed E-state index contributed by atoms with van der Waals surface area (Å²) in [5.41, 5.74) is 0.515. The minimum Gasteiger partial charge on any atom is -0.465 e. The predicted molar refractivity (Wildman–Crippen MR) is 95.2 cm³/mol. The maximum Gasteiger partial charge on any atom is 0.433 e. The van der Waals surface area contributed by atoms with Gasteiger partial charge >= 0.3 is 12.3 Å². The van der Waals surface area contributed by atoms with Gasteiger partial charge in [0.1, 0.15) is 5.69 Å². The van der Waals surface area contributed by atoms with Crippen molar-refractivity contribution in [2.24, 2.45) is 0 Å². The summed E-state index contributed by atoms with van der Waals surface area (Å²) in [6.45, 7) is 8.84. The molecule has 0 unspecified atom stereocenters. The molecule has 2 rings (SSSR count). The minimum atomic E-state index is -4.53. The van der Waals surface area contributed by atoms with Gasteiger partial charge in [-0.1, -0.05) is 0 Å². The molecule has 0 saturated heterocycles. The summed E-state index contributed by atoms with van der Waals surface area (Å²) in [4.78, 5) is 20.6. The van der Waals surface area contributed by atoms with Crippen LogP contribution in [0, 0.1) is 6.92 Å². The molecular weight excluding hydrogens is 359 g/mol. The number of hydrogen-bond donors (Lipinski definition) is 1. The van der Waals surface area contributed by atoms with E-state index >= 15 is 0 Å². The van der Waals surface area contributed by atoms with Crippen molar-refractivity contribution in [3.05, 3.63) is 47.5 Å². The molecule has 146 valence electrons. The van der Waals surface area contributed by atoms with E-state index < -0.39 is 29.5 Å². The van der Waals surface area contributed by atoms with Crippen LogP contribution in [-0.2, 0) is 6.18 Å². The van der Waals surface area contributed by atoms with Crippen LogP contribution in [-0.4, -0.2) is 31.6 Å². The molecular formula is C19H22F3N3O2.